The summed E-state index contributed by atoms with van der Waals surface area (Å²) in [5, 5.41) is 9.25. The summed E-state index contributed by atoms with van der Waals surface area (Å²) < 4.78 is 28.1. The Labute approximate surface area is 206 Å². The molecule has 2 N–H and O–H groups in total. The van der Waals surface area contributed by atoms with Crippen LogP contribution in [0.4, 0.5) is 0 Å². The standard InChI is InChI=1S/C26H20N2O5S2/c29-24(19-9-5-2-6-10-19)20-13-11-17(12-14-20)22-15-21-16-28(35(32,33)26(21)34-22)23(25(30)27-31)18-7-3-1-4-8-18/h1-15,23,31H,16H2,(H,27,30)/t23-/m1/s1. The highest BCUT2D eigenvalue weighted by Crippen LogP contribution is 2.44. The number of thiophene rings is 1. The van der Waals surface area contributed by atoms with E-state index in [4.69, 9.17) is 0 Å². The lowest BCUT2D eigenvalue weighted by Crippen LogP contribution is -2.39. The third-order valence-electron chi connectivity index (χ3n) is 5.87. The SMILES string of the molecule is O=C(c1ccccc1)c1ccc(-c2cc3c(s2)S(=O)(=O)N([C@@H](C(=O)NO)c2ccccc2)C3)cc1. The van der Waals surface area contributed by atoms with Gasteiger partial charge in [-0.25, -0.2) is 13.9 Å². The molecule has 9 heteroatoms. The van der Waals surface area contributed by atoms with Crippen LogP contribution in [0.3, 0.4) is 0 Å². The van der Waals surface area contributed by atoms with Gasteiger partial charge in [-0.15, -0.1) is 11.3 Å². The van der Waals surface area contributed by atoms with Crippen molar-refractivity contribution in [2.45, 2.75) is 16.8 Å². The van der Waals surface area contributed by atoms with Crippen LogP contribution in [-0.2, 0) is 21.4 Å². The Kier molecular flexibility index (Phi) is 6.08. The lowest BCUT2D eigenvalue weighted by molar-refractivity contribution is -0.133. The fraction of sp³-hybridized carbons (Fsp3) is 0.0769. The maximum Gasteiger partial charge on any atom is 0.266 e. The van der Waals surface area contributed by atoms with Crippen molar-refractivity contribution in [2.75, 3.05) is 0 Å². The summed E-state index contributed by atoms with van der Waals surface area (Å²) >= 11 is 1.12. The minimum absolute atomic E-state index is 0.00568. The van der Waals surface area contributed by atoms with Crippen molar-refractivity contribution < 1.29 is 23.2 Å². The van der Waals surface area contributed by atoms with Gasteiger partial charge in [0, 0.05) is 22.5 Å². The number of benzene rings is 3. The Bertz CT molecular complexity index is 1500. The van der Waals surface area contributed by atoms with Crippen LogP contribution in [0.25, 0.3) is 10.4 Å². The molecule has 3 aromatic carbocycles. The van der Waals surface area contributed by atoms with E-state index in [1.54, 1.807) is 78.3 Å². The van der Waals surface area contributed by atoms with Crippen molar-refractivity contribution in [3.63, 3.8) is 0 Å². The van der Waals surface area contributed by atoms with Gasteiger partial charge in [0.25, 0.3) is 15.9 Å². The van der Waals surface area contributed by atoms with Crippen molar-refractivity contribution in [3.05, 3.63) is 113 Å². The number of hydrogen-bond donors (Lipinski definition) is 2. The van der Waals surface area contributed by atoms with Gasteiger partial charge in [-0.2, -0.15) is 4.31 Å². The fourth-order valence-electron chi connectivity index (χ4n) is 4.16. The van der Waals surface area contributed by atoms with Crippen LogP contribution in [-0.4, -0.2) is 29.6 Å². The smallest absolute Gasteiger partial charge is 0.266 e. The molecule has 35 heavy (non-hydrogen) atoms. The van der Waals surface area contributed by atoms with E-state index in [2.05, 4.69) is 0 Å². The molecule has 0 unspecified atom stereocenters. The van der Waals surface area contributed by atoms with E-state index in [9.17, 15) is 23.2 Å². The van der Waals surface area contributed by atoms with Crippen LogP contribution < -0.4 is 5.48 Å². The van der Waals surface area contributed by atoms with Crippen LogP contribution in [0.5, 0.6) is 0 Å². The van der Waals surface area contributed by atoms with Gasteiger partial charge >= 0.3 is 0 Å². The van der Waals surface area contributed by atoms with Crippen LogP contribution in [0.1, 0.15) is 33.1 Å². The van der Waals surface area contributed by atoms with Gasteiger partial charge < -0.3 is 0 Å². The molecule has 0 radical (unpaired) electrons. The van der Waals surface area contributed by atoms with Crippen LogP contribution in [0.15, 0.2) is 95.2 Å². The average Bonchev–Trinajstić information content (AvgIpc) is 3.43. The molecule has 1 aliphatic heterocycles. The predicted octanol–water partition coefficient (Wildman–Crippen LogP) is 4.40. The highest BCUT2D eigenvalue weighted by Gasteiger charge is 2.44. The van der Waals surface area contributed by atoms with Gasteiger partial charge in [0.2, 0.25) is 0 Å². The van der Waals surface area contributed by atoms with Gasteiger partial charge in [-0.05, 0) is 22.8 Å². The second-order valence-electron chi connectivity index (χ2n) is 8.04. The largest absolute Gasteiger partial charge is 0.289 e. The highest BCUT2D eigenvalue weighted by molar-refractivity contribution is 7.91. The van der Waals surface area contributed by atoms with Crippen LogP contribution in [0.2, 0.25) is 0 Å². The molecule has 1 aliphatic rings. The number of nitrogens with one attached hydrogen (secondary N) is 1. The predicted molar refractivity (Wildman–Crippen MR) is 131 cm³/mol. The Balaban J connectivity index is 1.43. The number of amides is 1. The Hall–Kier alpha value is -3.63. The maximum absolute atomic E-state index is 13.4. The van der Waals surface area contributed by atoms with Crippen LogP contribution >= 0.6 is 11.3 Å². The molecular weight excluding hydrogens is 484 g/mol. The monoisotopic (exact) mass is 504 g/mol. The van der Waals surface area contributed by atoms with Crippen molar-refractivity contribution in [1.29, 1.82) is 0 Å². The van der Waals surface area contributed by atoms with E-state index in [-0.39, 0.29) is 16.5 Å². The molecule has 0 saturated heterocycles. The van der Waals surface area contributed by atoms with Crippen molar-refractivity contribution >= 4 is 33.1 Å². The summed E-state index contributed by atoms with van der Waals surface area (Å²) in [7, 11) is -3.97. The second-order valence-corrected chi connectivity index (χ2v) is 11.2. The number of ketones is 1. The number of carbonyl (C=O) groups is 2. The number of rotatable bonds is 6. The zero-order valence-corrected chi connectivity index (χ0v) is 19.9. The fourth-order valence-corrected chi connectivity index (χ4v) is 7.52. The first kappa shape index (κ1) is 23.1. The molecule has 0 spiro atoms. The molecule has 4 aromatic rings. The number of carbonyl (C=O) groups excluding carboxylic acids is 2. The first-order chi connectivity index (χ1) is 16.9. The highest BCUT2D eigenvalue weighted by atomic mass is 32.2. The normalized spacial score (nSPS) is 15.3. The topological polar surface area (TPSA) is 104 Å². The number of hydroxylamine groups is 1. The van der Waals surface area contributed by atoms with E-state index in [1.165, 1.54) is 0 Å². The molecule has 7 nitrogen and oxygen atoms in total. The molecule has 0 aliphatic carbocycles. The Morgan fingerprint density at radius 3 is 2.09 bits per heavy atom. The zero-order valence-electron chi connectivity index (χ0n) is 18.3. The van der Waals surface area contributed by atoms with E-state index < -0.39 is 22.0 Å². The minimum Gasteiger partial charge on any atom is -0.289 e. The Morgan fingerprint density at radius 1 is 0.886 bits per heavy atom. The molecule has 0 bridgehead atoms. The zero-order chi connectivity index (χ0) is 24.6. The van der Waals surface area contributed by atoms with E-state index in [0.29, 0.717) is 22.3 Å². The number of nitrogens with zero attached hydrogens (tertiary/aromatic N) is 1. The number of fused-ring (bicyclic) bond motifs is 1. The molecule has 1 aromatic heterocycles. The molecule has 1 amide bonds. The van der Waals surface area contributed by atoms with E-state index in [1.807, 2.05) is 18.2 Å². The van der Waals surface area contributed by atoms with Gasteiger partial charge in [-0.1, -0.05) is 84.9 Å². The average molecular weight is 505 g/mol. The number of sulfonamides is 1. The molecular formula is C26H20N2O5S2. The van der Waals surface area contributed by atoms with Crippen molar-refractivity contribution in [1.82, 2.24) is 9.79 Å². The summed E-state index contributed by atoms with van der Waals surface area (Å²) in [6, 6.07) is 25.1. The van der Waals surface area contributed by atoms with E-state index >= 15 is 0 Å². The van der Waals surface area contributed by atoms with Crippen LogP contribution in [0, 0.1) is 0 Å². The summed E-state index contributed by atoms with van der Waals surface area (Å²) in [6.45, 7) is 0.00568. The summed E-state index contributed by atoms with van der Waals surface area (Å²) in [5.41, 5.74) is 4.57. The van der Waals surface area contributed by atoms with Gasteiger partial charge in [0.15, 0.2) is 5.78 Å². The lowest BCUT2D eigenvalue weighted by atomic mass is 10.0. The lowest BCUT2D eigenvalue weighted by Gasteiger charge is -2.25. The third kappa shape index (κ3) is 4.19. The quantitative estimate of drug-likeness (QED) is 0.230. The first-order valence-corrected chi connectivity index (χ1v) is 13.0. The summed E-state index contributed by atoms with van der Waals surface area (Å²) in [4.78, 5) is 25.9. The van der Waals surface area contributed by atoms with Gasteiger partial charge in [0.1, 0.15) is 10.3 Å². The molecule has 5 rings (SSSR count). The van der Waals surface area contributed by atoms with E-state index in [0.717, 1.165) is 26.1 Å². The molecule has 176 valence electrons. The third-order valence-corrected chi connectivity index (χ3v) is 9.46. The molecule has 0 fully saturated rings. The van der Waals surface area contributed by atoms with Gasteiger partial charge in [-0.3, -0.25) is 14.8 Å². The summed E-state index contributed by atoms with van der Waals surface area (Å²) in [5.74, 6) is -0.910. The minimum atomic E-state index is -3.97. The number of hydrogen-bond acceptors (Lipinski definition) is 6. The first-order valence-electron chi connectivity index (χ1n) is 10.7. The van der Waals surface area contributed by atoms with Crippen molar-refractivity contribution in [3.8, 4) is 10.4 Å². The maximum atomic E-state index is 13.4. The molecule has 0 saturated carbocycles. The van der Waals surface area contributed by atoms with Crippen molar-refractivity contribution in [2.24, 2.45) is 0 Å². The molecule has 2 heterocycles. The Morgan fingerprint density at radius 2 is 1.49 bits per heavy atom. The van der Waals surface area contributed by atoms with Gasteiger partial charge in [0.05, 0.1) is 0 Å². The molecule has 1 atom stereocenters. The second kappa shape index (κ2) is 9.20. The summed E-state index contributed by atoms with van der Waals surface area (Å²) in [6.07, 6.45) is 0.